The van der Waals surface area contributed by atoms with E-state index in [1.807, 2.05) is 0 Å². The van der Waals surface area contributed by atoms with Crippen LogP contribution in [-0.2, 0) is 14.6 Å². The summed E-state index contributed by atoms with van der Waals surface area (Å²) in [6, 6.07) is 2.45. The van der Waals surface area contributed by atoms with Crippen molar-refractivity contribution >= 4 is 33.4 Å². The fourth-order valence-electron chi connectivity index (χ4n) is 1.82. The molecule has 1 heterocycles. The highest BCUT2D eigenvalue weighted by Crippen LogP contribution is 2.28. The zero-order valence-electron chi connectivity index (χ0n) is 9.94. The van der Waals surface area contributed by atoms with Crippen LogP contribution in [0.2, 0.25) is 5.02 Å². The Labute approximate surface area is 115 Å². The van der Waals surface area contributed by atoms with Gasteiger partial charge in [-0.3, -0.25) is 10.1 Å². The first-order valence-corrected chi connectivity index (χ1v) is 7.51. The number of sulfone groups is 1. The van der Waals surface area contributed by atoms with Gasteiger partial charge >= 0.3 is 6.03 Å². The molecule has 0 aliphatic carbocycles. The van der Waals surface area contributed by atoms with Crippen molar-refractivity contribution in [2.45, 2.75) is 17.9 Å². The van der Waals surface area contributed by atoms with Crippen molar-refractivity contribution in [1.29, 1.82) is 0 Å². The first kappa shape index (κ1) is 13.8. The summed E-state index contributed by atoms with van der Waals surface area (Å²) in [6.45, 7) is 1.50. The Morgan fingerprint density at radius 2 is 2.00 bits per heavy atom. The first-order valence-electron chi connectivity index (χ1n) is 5.48. The predicted molar refractivity (Wildman–Crippen MR) is 68.6 cm³/mol. The molecule has 0 bridgehead atoms. The number of imide groups is 1. The summed E-state index contributed by atoms with van der Waals surface area (Å²) in [7, 11) is -3.51. The van der Waals surface area contributed by atoms with E-state index < -0.39 is 27.8 Å². The van der Waals surface area contributed by atoms with E-state index in [2.05, 4.69) is 10.6 Å². The summed E-state index contributed by atoms with van der Waals surface area (Å²) >= 11 is 5.83. The first-order chi connectivity index (χ1) is 8.85. The van der Waals surface area contributed by atoms with Gasteiger partial charge in [-0.15, -0.1) is 0 Å². The Bertz CT molecular complexity index is 657. The van der Waals surface area contributed by atoms with Crippen LogP contribution in [-0.4, -0.2) is 26.1 Å². The number of halogens is 1. The number of hydrogen-bond acceptors (Lipinski definition) is 4. The van der Waals surface area contributed by atoms with E-state index in [0.717, 1.165) is 0 Å². The van der Waals surface area contributed by atoms with Gasteiger partial charge < -0.3 is 5.32 Å². The van der Waals surface area contributed by atoms with E-state index in [0.29, 0.717) is 5.02 Å². The second-order valence-corrected chi connectivity index (χ2v) is 6.66. The molecule has 102 valence electrons. The minimum atomic E-state index is -3.51. The number of urea groups is 1. The average Bonchev–Trinajstić information content (AvgIpc) is 2.68. The van der Waals surface area contributed by atoms with E-state index in [1.165, 1.54) is 25.1 Å². The molecule has 0 spiro atoms. The van der Waals surface area contributed by atoms with Crippen molar-refractivity contribution in [1.82, 2.24) is 10.6 Å². The average molecular weight is 303 g/mol. The van der Waals surface area contributed by atoms with Gasteiger partial charge in [0.15, 0.2) is 9.84 Å². The number of amides is 3. The van der Waals surface area contributed by atoms with Gasteiger partial charge in [-0.1, -0.05) is 18.5 Å². The molecule has 1 aliphatic heterocycles. The third kappa shape index (κ3) is 2.57. The van der Waals surface area contributed by atoms with E-state index in [9.17, 15) is 18.0 Å². The predicted octanol–water partition coefficient (Wildman–Crippen LogP) is 1.01. The third-order valence-electron chi connectivity index (χ3n) is 2.77. The van der Waals surface area contributed by atoms with Crippen LogP contribution < -0.4 is 10.6 Å². The van der Waals surface area contributed by atoms with Crippen LogP contribution in [0.3, 0.4) is 0 Å². The lowest BCUT2D eigenvalue weighted by Gasteiger charge is -2.13. The largest absolute Gasteiger partial charge is 0.322 e. The maximum absolute atomic E-state index is 12.0. The second kappa shape index (κ2) is 4.82. The van der Waals surface area contributed by atoms with Gasteiger partial charge in [0, 0.05) is 10.6 Å². The second-order valence-electron chi connectivity index (χ2n) is 3.98. The van der Waals surface area contributed by atoms with E-state index in [1.54, 1.807) is 0 Å². The molecule has 0 saturated carbocycles. The molecule has 19 heavy (non-hydrogen) atoms. The minimum Gasteiger partial charge on any atom is -0.322 e. The van der Waals surface area contributed by atoms with Crippen LogP contribution >= 0.6 is 11.6 Å². The molecule has 1 fully saturated rings. The fraction of sp³-hybridized carbons (Fsp3) is 0.273. The number of carbonyl (C=O) groups is 2. The van der Waals surface area contributed by atoms with Crippen LogP contribution in [0.25, 0.3) is 0 Å². The van der Waals surface area contributed by atoms with E-state index in [-0.39, 0.29) is 16.2 Å². The van der Waals surface area contributed by atoms with Gasteiger partial charge in [-0.05, 0) is 18.2 Å². The molecule has 1 saturated heterocycles. The maximum atomic E-state index is 12.0. The van der Waals surface area contributed by atoms with Gasteiger partial charge in [0.25, 0.3) is 5.91 Å². The molecule has 1 aliphatic rings. The molecule has 1 unspecified atom stereocenters. The number of rotatable bonds is 3. The molecular formula is C11H11ClN2O4S. The van der Waals surface area contributed by atoms with Gasteiger partial charge in [0.05, 0.1) is 10.6 Å². The highest BCUT2D eigenvalue weighted by atomic mass is 35.5. The molecule has 1 atom stereocenters. The van der Waals surface area contributed by atoms with Crippen molar-refractivity contribution in [3.8, 4) is 0 Å². The summed E-state index contributed by atoms with van der Waals surface area (Å²) in [5, 5.41) is 4.71. The van der Waals surface area contributed by atoms with Crippen LogP contribution in [0.5, 0.6) is 0 Å². The lowest BCUT2D eigenvalue weighted by Crippen LogP contribution is -2.23. The molecule has 1 aromatic carbocycles. The van der Waals surface area contributed by atoms with Gasteiger partial charge in [0.2, 0.25) is 0 Å². The normalized spacial score (nSPS) is 19.2. The zero-order chi connectivity index (χ0) is 14.2. The maximum Gasteiger partial charge on any atom is 0.322 e. The van der Waals surface area contributed by atoms with Gasteiger partial charge in [0.1, 0.15) is 6.04 Å². The Balaban J connectivity index is 2.59. The smallest absolute Gasteiger partial charge is 0.322 e. The lowest BCUT2D eigenvalue weighted by molar-refractivity contribution is -0.120. The number of carbonyl (C=O) groups excluding carboxylic acids is 2. The molecule has 2 rings (SSSR count). The lowest BCUT2D eigenvalue weighted by atomic mass is 10.1. The zero-order valence-corrected chi connectivity index (χ0v) is 11.5. The third-order valence-corrected chi connectivity index (χ3v) is 4.81. The number of hydrogen-bond donors (Lipinski definition) is 2. The topological polar surface area (TPSA) is 92.3 Å². The summed E-state index contributed by atoms with van der Waals surface area (Å²) in [4.78, 5) is 22.8. The van der Waals surface area contributed by atoms with Crippen molar-refractivity contribution < 1.29 is 18.0 Å². The van der Waals surface area contributed by atoms with Gasteiger partial charge in [-0.2, -0.15) is 0 Å². The summed E-state index contributed by atoms with van der Waals surface area (Å²) in [5.41, 5.74) is 0.178. The fourth-order valence-corrected chi connectivity index (χ4v) is 3.12. The van der Waals surface area contributed by atoms with Crippen molar-refractivity contribution in [3.63, 3.8) is 0 Å². The molecule has 2 N–H and O–H groups in total. The summed E-state index contributed by atoms with van der Waals surface area (Å²) in [6.07, 6.45) is 0. The van der Waals surface area contributed by atoms with Crippen LogP contribution in [0.1, 0.15) is 18.5 Å². The number of nitrogens with one attached hydrogen (secondary N) is 2. The molecule has 6 nitrogen and oxygen atoms in total. The van der Waals surface area contributed by atoms with Crippen molar-refractivity contribution in [2.75, 3.05) is 5.75 Å². The Morgan fingerprint density at radius 3 is 2.53 bits per heavy atom. The van der Waals surface area contributed by atoms with Crippen LogP contribution in [0.15, 0.2) is 23.1 Å². The van der Waals surface area contributed by atoms with E-state index >= 15 is 0 Å². The molecule has 0 aromatic heterocycles. The molecular weight excluding hydrogens is 292 g/mol. The molecule has 8 heteroatoms. The van der Waals surface area contributed by atoms with Crippen LogP contribution in [0.4, 0.5) is 4.79 Å². The quantitative estimate of drug-likeness (QED) is 0.815. The Hall–Kier alpha value is -1.60. The van der Waals surface area contributed by atoms with Crippen molar-refractivity contribution in [2.24, 2.45) is 0 Å². The summed E-state index contributed by atoms with van der Waals surface area (Å²) in [5.74, 6) is -0.705. The minimum absolute atomic E-state index is 0.00162. The Kier molecular flexibility index (Phi) is 3.51. The number of benzene rings is 1. The molecule has 0 radical (unpaired) electrons. The molecule has 3 amide bonds. The monoisotopic (exact) mass is 302 g/mol. The van der Waals surface area contributed by atoms with Gasteiger partial charge in [-0.25, -0.2) is 13.2 Å². The highest BCUT2D eigenvalue weighted by Gasteiger charge is 2.34. The highest BCUT2D eigenvalue weighted by molar-refractivity contribution is 7.91. The standard InChI is InChI=1S/C11H11ClN2O4S/c1-2-19(17,18)8-4-3-6(12)5-7(8)9-10(15)14-11(16)13-9/h3-5,9H,2H2,1H3,(H2,13,14,15,16). The summed E-state index contributed by atoms with van der Waals surface area (Å²) < 4.78 is 24.0. The van der Waals surface area contributed by atoms with E-state index in [4.69, 9.17) is 11.6 Å². The Morgan fingerprint density at radius 1 is 1.32 bits per heavy atom. The SMILES string of the molecule is CCS(=O)(=O)c1ccc(Cl)cc1C1NC(=O)NC1=O. The molecule has 1 aromatic rings. The van der Waals surface area contributed by atoms with Crippen LogP contribution in [0, 0.1) is 0 Å². The van der Waals surface area contributed by atoms with Crippen molar-refractivity contribution in [3.05, 3.63) is 28.8 Å².